The van der Waals surface area contributed by atoms with Crippen LogP contribution in [0.2, 0.25) is 0 Å². The van der Waals surface area contributed by atoms with Gasteiger partial charge in [0.25, 0.3) is 5.91 Å². The zero-order chi connectivity index (χ0) is 17.4. The molecule has 1 atom stereocenters. The van der Waals surface area contributed by atoms with Crippen LogP contribution >= 0.6 is 15.9 Å². The molecule has 1 N–H and O–H groups in total. The van der Waals surface area contributed by atoms with Gasteiger partial charge in [0.1, 0.15) is 12.0 Å². The molecule has 1 amide bonds. The largest absolute Gasteiger partial charge is 0.360 e. The zero-order valence-corrected chi connectivity index (χ0v) is 14.7. The summed E-state index contributed by atoms with van der Waals surface area (Å²) in [6.45, 7) is 0. The molecule has 0 radical (unpaired) electrons. The Morgan fingerprint density at radius 1 is 0.920 bits per heavy atom. The fourth-order valence-corrected chi connectivity index (χ4v) is 3.26. The van der Waals surface area contributed by atoms with Gasteiger partial charge in [-0.3, -0.25) is 9.69 Å². The van der Waals surface area contributed by atoms with E-state index in [4.69, 9.17) is 0 Å². The van der Waals surface area contributed by atoms with Gasteiger partial charge < -0.3 is 5.32 Å². The molecule has 0 aliphatic carbocycles. The van der Waals surface area contributed by atoms with Gasteiger partial charge in [-0.25, -0.2) is 4.39 Å². The van der Waals surface area contributed by atoms with Gasteiger partial charge in [-0.15, -0.1) is 0 Å². The Morgan fingerprint density at radius 2 is 1.60 bits per heavy atom. The monoisotopic (exact) mass is 396 g/mol. The van der Waals surface area contributed by atoms with Crippen LogP contribution in [0.25, 0.3) is 0 Å². The predicted molar refractivity (Wildman–Crippen MR) is 100 cm³/mol. The van der Waals surface area contributed by atoms with E-state index >= 15 is 0 Å². The van der Waals surface area contributed by atoms with E-state index in [0.717, 1.165) is 15.7 Å². The van der Waals surface area contributed by atoms with Crippen molar-refractivity contribution < 1.29 is 9.18 Å². The molecular formula is C20H14BrFN2O. The first-order valence-electron chi connectivity index (χ1n) is 7.83. The molecule has 0 fully saturated rings. The highest BCUT2D eigenvalue weighted by atomic mass is 79.9. The summed E-state index contributed by atoms with van der Waals surface area (Å²) < 4.78 is 14.3. The van der Waals surface area contributed by atoms with Gasteiger partial charge in [0.2, 0.25) is 0 Å². The number of carbonyl (C=O) groups is 1. The van der Waals surface area contributed by atoms with E-state index in [1.165, 1.54) is 12.1 Å². The SMILES string of the molecule is O=C1c2ccccc2N[C@H](c2ccc(Br)cc2)N1c1ccc(F)cc1. The van der Waals surface area contributed by atoms with Crippen molar-refractivity contribution >= 4 is 33.2 Å². The van der Waals surface area contributed by atoms with E-state index in [1.54, 1.807) is 23.1 Å². The standard InChI is InChI=1S/C20H14BrFN2O/c21-14-7-5-13(6-8-14)19-23-18-4-2-1-3-17(18)20(25)24(19)16-11-9-15(22)10-12-16/h1-12,19,23H/t19-/m0/s1. The average molecular weight is 397 g/mol. The van der Waals surface area contributed by atoms with Crippen LogP contribution in [0.3, 0.4) is 0 Å². The second kappa shape index (κ2) is 6.33. The summed E-state index contributed by atoms with van der Waals surface area (Å²) in [6, 6.07) is 21.2. The minimum absolute atomic E-state index is 0.117. The van der Waals surface area contributed by atoms with Crippen LogP contribution in [-0.2, 0) is 0 Å². The van der Waals surface area contributed by atoms with Crippen LogP contribution in [0.1, 0.15) is 22.1 Å². The summed E-state index contributed by atoms with van der Waals surface area (Å²) in [7, 11) is 0. The Bertz CT molecular complexity index is 925. The summed E-state index contributed by atoms with van der Waals surface area (Å²) in [5, 5.41) is 3.42. The van der Waals surface area contributed by atoms with Gasteiger partial charge in [0.15, 0.2) is 0 Å². The Kier molecular flexibility index (Phi) is 4.01. The number of hydrogen-bond acceptors (Lipinski definition) is 2. The third-order valence-electron chi connectivity index (χ3n) is 4.22. The lowest BCUT2D eigenvalue weighted by atomic mass is 10.0. The number of para-hydroxylation sites is 1. The third kappa shape index (κ3) is 2.91. The van der Waals surface area contributed by atoms with Gasteiger partial charge in [-0.05, 0) is 54.1 Å². The molecule has 3 aromatic rings. The summed E-state index contributed by atoms with van der Waals surface area (Å²) >= 11 is 3.43. The van der Waals surface area contributed by atoms with Crippen molar-refractivity contribution in [2.75, 3.05) is 10.2 Å². The van der Waals surface area contributed by atoms with Crippen LogP contribution < -0.4 is 10.2 Å². The quantitative estimate of drug-likeness (QED) is 0.632. The highest BCUT2D eigenvalue weighted by Crippen LogP contribution is 2.36. The molecule has 1 heterocycles. The lowest BCUT2D eigenvalue weighted by molar-refractivity contribution is 0.0975. The molecule has 0 spiro atoms. The van der Waals surface area contributed by atoms with Gasteiger partial charge in [0, 0.05) is 15.8 Å². The van der Waals surface area contributed by atoms with E-state index in [1.807, 2.05) is 42.5 Å². The molecule has 124 valence electrons. The van der Waals surface area contributed by atoms with Crippen molar-refractivity contribution in [3.05, 3.63) is 94.2 Å². The van der Waals surface area contributed by atoms with Crippen LogP contribution in [0.15, 0.2) is 77.3 Å². The van der Waals surface area contributed by atoms with Crippen molar-refractivity contribution in [3.8, 4) is 0 Å². The minimum atomic E-state index is -0.374. The smallest absolute Gasteiger partial charge is 0.262 e. The summed E-state index contributed by atoms with van der Waals surface area (Å²) in [5.41, 5.74) is 2.97. The van der Waals surface area contributed by atoms with Gasteiger partial charge >= 0.3 is 0 Å². The van der Waals surface area contributed by atoms with Crippen molar-refractivity contribution in [1.82, 2.24) is 0 Å². The maximum atomic E-state index is 13.3. The predicted octanol–water partition coefficient (Wildman–Crippen LogP) is 5.36. The van der Waals surface area contributed by atoms with Gasteiger partial charge in [-0.2, -0.15) is 0 Å². The molecule has 0 saturated heterocycles. The minimum Gasteiger partial charge on any atom is -0.360 e. The van der Waals surface area contributed by atoms with Crippen LogP contribution in [-0.4, -0.2) is 5.91 Å². The number of amides is 1. The molecular weight excluding hydrogens is 383 g/mol. The highest BCUT2D eigenvalue weighted by Gasteiger charge is 2.33. The van der Waals surface area contributed by atoms with Gasteiger partial charge in [-0.1, -0.05) is 40.2 Å². The highest BCUT2D eigenvalue weighted by molar-refractivity contribution is 9.10. The molecule has 0 unspecified atom stereocenters. The van der Waals surface area contributed by atoms with E-state index < -0.39 is 0 Å². The number of carbonyl (C=O) groups excluding carboxylic acids is 1. The maximum absolute atomic E-state index is 13.3. The van der Waals surface area contributed by atoms with Crippen LogP contribution in [0.4, 0.5) is 15.8 Å². The summed E-state index contributed by atoms with van der Waals surface area (Å²) in [6.07, 6.45) is -0.374. The molecule has 4 rings (SSSR count). The Labute approximate surface area is 153 Å². The molecule has 5 heteroatoms. The van der Waals surface area contributed by atoms with Crippen molar-refractivity contribution in [1.29, 1.82) is 0 Å². The van der Waals surface area contributed by atoms with E-state index in [9.17, 15) is 9.18 Å². The maximum Gasteiger partial charge on any atom is 0.262 e. The molecule has 25 heavy (non-hydrogen) atoms. The van der Waals surface area contributed by atoms with Crippen LogP contribution in [0.5, 0.6) is 0 Å². The first kappa shape index (κ1) is 15.8. The topological polar surface area (TPSA) is 32.3 Å². The molecule has 0 saturated carbocycles. The lowest BCUT2D eigenvalue weighted by Gasteiger charge is -2.38. The van der Waals surface area contributed by atoms with Crippen molar-refractivity contribution in [3.63, 3.8) is 0 Å². The Morgan fingerprint density at radius 3 is 2.32 bits per heavy atom. The molecule has 3 nitrogen and oxygen atoms in total. The number of nitrogens with one attached hydrogen (secondary N) is 1. The average Bonchev–Trinajstić information content (AvgIpc) is 2.63. The molecule has 1 aliphatic rings. The molecule has 0 bridgehead atoms. The number of benzene rings is 3. The molecule has 0 aromatic heterocycles. The fourth-order valence-electron chi connectivity index (χ4n) is 3.00. The van der Waals surface area contributed by atoms with Gasteiger partial charge in [0.05, 0.1) is 5.56 Å². The number of halogens is 2. The Hall–Kier alpha value is -2.66. The second-order valence-electron chi connectivity index (χ2n) is 5.80. The van der Waals surface area contributed by atoms with E-state index in [0.29, 0.717) is 11.3 Å². The normalized spacial score (nSPS) is 16.3. The van der Waals surface area contributed by atoms with Crippen molar-refractivity contribution in [2.45, 2.75) is 6.17 Å². The molecule has 1 aliphatic heterocycles. The fraction of sp³-hybridized carbons (Fsp3) is 0.0500. The van der Waals surface area contributed by atoms with Crippen LogP contribution in [0, 0.1) is 5.82 Å². The second-order valence-corrected chi connectivity index (χ2v) is 6.71. The number of hydrogen-bond donors (Lipinski definition) is 1. The number of nitrogens with zero attached hydrogens (tertiary/aromatic N) is 1. The zero-order valence-electron chi connectivity index (χ0n) is 13.1. The number of fused-ring (bicyclic) bond motifs is 1. The Balaban J connectivity index is 1.85. The van der Waals surface area contributed by atoms with Crippen molar-refractivity contribution in [2.24, 2.45) is 0 Å². The lowest BCUT2D eigenvalue weighted by Crippen LogP contribution is -2.43. The van der Waals surface area contributed by atoms with E-state index in [2.05, 4.69) is 21.2 Å². The first-order valence-corrected chi connectivity index (χ1v) is 8.63. The molecule has 3 aromatic carbocycles. The third-order valence-corrected chi connectivity index (χ3v) is 4.75. The first-order chi connectivity index (χ1) is 12.1. The van der Waals surface area contributed by atoms with E-state index in [-0.39, 0.29) is 17.9 Å². The number of anilines is 2. The summed E-state index contributed by atoms with van der Waals surface area (Å²) in [4.78, 5) is 14.8. The summed E-state index contributed by atoms with van der Waals surface area (Å²) in [5.74, 6) is -0.448. The number of rotatable bonds is 2.